The predicted octanol–water partition coefficient (Wildman–Crippen LogP) is 1.93. The first-order valence-corrected chi connectivity index (χ1v) is 6.48. The summed E-state index contributed by atoms with van der Waals surface area (Å²) in [5.74, 6) is -0.137. The molecule has 1 atom stereocenters. The van der Waals surface area contributed by atoms with Gasteiger partial charge in [-0.05, 0) is 17.5 Å². The lowest BCUT2D eigenvalue weighted by atomic mass is 9.77. The Morgan fingerprint density at radius 1 is 1.50 bits per heavy atom. The van der Waals surface area contributed by atoms with Crippen molar-refractivity contribution in [3.8, 4) is 0 Å². The van der Waals surface area contributed by atoms with Crippen LogP contribution in [0, 0.1) is 0 Å². The number of rotatable bonds is 4. The molecule has 0 spiro atoms. The van der Waals surface area contributed by atoms with Crippen molar-refractivity contribution in [1.29, 1.82) is 0 Å². The minimum atomic E-state index is -0.895. The number of hydrogen-bond acceptors (Lipinski definition) is 5. The van der Waals surface area contributed by atoms with E-state index >= 15 is 0 Å². The molecule has 18 heavy (non-hydrogen) atoms. The lowest BCUT2D eigenvalue weighted by Crippen LogP contribution is -2.19. The molecule has 0 saturated heterocycles. The van der Waals surface area contributed by atoms with Gasteiger partial charge in [-0.1, -0.05) is 41.2 Å². The highest BCUT2D eigenvalue weighted by molar-refractivity contribution is 7.99. The van der Waals surface area contributed by atoms with Crippen LogP contribution in [0.5, 0.6) is 0 Å². The summed E-state index contributed by atoms with van der Waals surface area (Å²) in [6, 6.07) is 8.15. The fourth-order valence-electron chi connectivity index (χ4n) is 2.03. The fraction of sp³-hybridized carbons (Fsp3) is 0.250. The molecule has 1 N–H and O–H groups in total. The van der Waals surface area contributed by atoms with E-state index in [0.29, 0.717) is 11.0 Å². The van der Waals surface area contributed by atoms with Gasteiger partial charge < -0.3 is 9.63 Å². The van der Waals surface area contributed by atoms with Gasteiger partial charge in [-0.15, -0.1) is 0 Å². The van der Waals surface area contributed by atoms with Gasteiger partial charge in [0.15, 0.2) is 5.82 Å². The highest BCUT2D eigenvalue weighted by Gasteiger charge is 2.31. The van der Waals surface area contributed by atoms with Crippen molar-refractivity contribution in [2.24, 2.45) is 0 Å². The smallest absolute Gasteiger partial charge is 0.314 e. The molecule has 1 aromatic heterocycles. The van der Waals surface area contributed by atoms with Crippen LogP contribution in [0.4, 0.5) is 0 Å². The standard InChI is InChI=1S/C12H10N2O3S/c15-10(16)6-18-12-13-11(14-17-12)9-5-7-3-1-2-4-8(7)9/h1-4,9H,5-6H2,(H,15,16). The molecule has 1 aliphatic rings. The van der Waals surface area contributed by atoms with Crippen LogP contribution in [0.2, 0.25) is 0 Å². The van der Waals surface area contributed by atoms with E-state index in [4.69, 9.17) is 9.63 Å². The zero-order chi connectivity index (χ0) is 12.5. The highest BCUT2D eigenvalue weighted by atomic mass is 32.2. The summed E-state index contributed by atoms with van der Waals surface area (Å²) in [6.45, 7) is 0. The molecule has 0 amide bonds. The highest BCUT2D eigenvalue weighted by Crippen LogP contribution is 2.38. The van der Waals surface area contributed by atoms with Crippen LogP contribution >= 0.6 is 11.8 Å². The summed E-state index contributed by atoms with van der Waals surface area (Å²) < 4.78 is 5.03. The van der Waals surface area contributed by atoms with Crippen LogP contribution in [0.15, 0.2) is 34.0 Å². The Hall–Kier alpha value is -1.82. The van der Waals surface area contributed by atoms with Crippen molar-refractivity contribution in [3.63, 3.8) is 0 Å². The van der Waals surface area contributed by atoms with Gasteiger partial charge >= 0.3 is 5.97 Å². The number of aliphatic carboxylic acids is 1. The van der Waals surface area contributed by atoms with Gasteiger partial charge in [0.05, 0.1) is 5.92 Å². The van der Waals surface area contributed by atoms with Gasteiger partial charge in [0.2, 0.25) is 0 Å². The molecular formula is C12H10N2O3S. The van der Waals surface area contributed by atoms with Gasteiger partial charge in [-0.3, -0.25) is 4.79 Å². The Bertz CT molecular complexity index is 597. The molecule has 0 bridgehead atoms. The summed E-state index contributed by atoms with van der Waals surface area (Å²) in [7, 11) is 0. The summed E-state index contributed by atoms with van der Waals surface area (Å²) in [6.07, 6.45) is 0.915. The first kappa shape index (κ1) is 11.3. The molecule has 0 aliphatic heterocycles. The van der Waals surface area contributed by atoms with Gasteiger partial charge in [-0.25, -0.2) is 0 Å². The molecule has 2 aromatic rings. The molecule has 1 aromatic carbocycles. The minimum Gasteiger partial charge on any atom is -0.481 e. The Morgan fingerprint density at radius 3 is 3.11 bits per heavy atom. The lowest BCUT2D eigenvalue weighted by molar-refractivity contribution is -0.133. The molecular weight excluding hydrogens is 252 g/mol. The van der Waals surface area contributed by atoms with Gasteiger partial charge in [0, 0.05) is 0 Å². The van der Waals surface area contributed by atoms with E-state index < -0.39 is 5.97 Å². The summed E-state index contributed by atoms with van der Waals surface area (Å²) in [5, 5.41) is 12.8. The van der Waals surface area contributed by atoms with E-state index in [9.17, 15) is 4.79 Å². The van der Waals surface area contributed by atoms with Gasteiger partial charge in [0.1, 0.15) is 5.75 Å². The van der Waals surface area contributed by atoms with Crippen molar-refractivity contribution in [2.75, 3.05) is 5.75 Å². The molecule has 0 saturated carbocycles. The van der Waals surface area contributed by atoms with Crippen LogP contribution in [-0.2, 0) is 11.2 Å². The van der Waals surface area contributed by atoms with Crippen molar-refractivity contribution in [1.82, 2.24) is 10.1 Å². The average Bonchev–Trinajstić information content (AvgIpc) is 2.77. The molecule has 6 heteroatoms. The molecule has 1 heterocycles. The number of aromatic nitrogens is 2. The summed E-state index contributed by atoms with van der Waals surface area (Å²) in [5.41, 5.74) is 2.54. The quantitative estimate of drug-likeness (QED) is 0.848. The maximum atomic E-state index is 10.4. The summed E-state index contributed by atoms with van der Waals surface area (Å²) in [4.78, 5) is 14.7. The number of thioether (sulfide) groups is 1. The Morgan fingerprint density at radius 2 is 2.33 bits per heavy atom. The summed E-state index contributed by atoms with van der Waals surface area (Å²) >= 11 is 1.04. The van der Waals surface area contributed by atoms with E-state index in [1.54, 1.807) is 0 Å². The van der Waals surface area contributed by atoms with Crippen LogP contribution in [-0.4, -0.2) is 27.0 Å². The third-order valence-electron chi connectivity index (χ3n) is 2.91. The Labute approximate surface area is 107 Å². The third-order valence-corrected chi connectivity index (χ3v) is 3.71. The molecule has 5 nitrogen and oxygen atoms in total. The first-order valence-electron chi connectivity index (χ1n) is 5.50. The largest absolute Gasteiger partial charge is 0.481 e. The van der Waals surface area contributed by atoms with E-state index in [1.807, 2.05) is 12.1 Å². The van der Waals surface area contributed by atoms with Crippen molar-refractivity contribution < 1.29 is 14.4 Å². The normalized spacial score (nSPS) is 17.0. The molecule has 3 rings (SSSR count). The SMILES string of the molecule is O=C(O)CSc1nc(C2Cc3ccccc32)no1. The predicted molar refractivity (Wildman–Crippen MR) is 64.6 cm³/mol. The number of carboxylic acid groups (broad SMARTS) is 1. The van der Waals surface area contributed by atoms with Crippen LogP contribution in [0.3, 0.4) is 0 Å². The maximum absolute atomic E-state index is 10.4. The van der Waals surface area contributed by atoms with E-state index in [1.165, 1.54) is 11.1 Å². The first-order chi connectivity index (χ1) is 8.74. The van der Waals surface area contributed by atoms with Crippen LogP contribution < -0.4 is 0 Å². The van der Waals surface area contributed by atoms with E-state index in [-0.39, 0.29) is 11.7 Å². The number of fused-ring (bicyclic) bond motifs is 1. The molecule has 0 radical (unpaired) electrons. The molecule has 1 unspecified atom stereocenters. The average molecular weight is 262 g/mol. The number of benzene rings is 1. The number of carboxylic acids is 1. The minimum absolute atomic E-state index is 0.0666. The number of carbonyl (C=O) groups is 1. The zero-order valence-electron chi connectivity index (χ0n) is 9.37. The van der Waals surface area contributed by atoms with Crippen molar-refractivity contribution >= 4 is 17.7 Å². The molecule has 0 fully saturated rings. The maximum Gasteiger partial charge on any atom is 0.314 e. The fourth-order valence-corrected chi connectivity index (χ4v) is 2.53. The van der Waals surface area contributed by atoms with Crippen LogP contribution in [0.25, 0.3) is 0 Å². The van der Waals surface area contributed by atoms with Crippen molar-refractivity contribution in [2.45, 2.75) is 17.6 Å². The Balaban J connectivity index is 1.74. The molecule has 92 valence electrons. The van der Waals surface area contributed by atoms with E-state index in [2.05, 4.69) is 22.3 Å². The van der Waals surface area contributed by atoms with Gasteiger partial charge in [0.25, 0.3) is 5.22 Å². The third kappa shape index (κ3) is 1.99. The second-order valence-electron chi connectivity index (χ2n) is 4.06. The number of hydrogen-bond donors (Lipinski definition) is 1. The van der Waals surface area contributed by atoms with Crippen LogP contribution in [0.1, 0.15) is 22.9 Å². The van der Waals surface area contributed by atoms with E-state index in [0.717, 1.165) is 18.2 Å². The van der Waals surface area contributed by atoms with Crippen molar-refractivity contribution in [3.05, 3.63) is 41.2 Å². The lowest BCUT2D eigenvalue weighted by Gasteiger charge is -2.26. The second kappa shape index (κ2) is 4.45. The molecule has 1 aliphatic carbocycles. The topological polar surface area (TPSA) is 76.2 Å². The monoisotopic (exact) mass is 262 g/mol. The number of nitrogens with zero attached hydrogens (tertiary/aromatic N) is 2. The zero-order valence-corrected chi connectivity index (χ0v) is 10.2. The van der Waals surface area contributed by atoms with Gasteiger partial charge in [-0.2, -0.15) is 4.98 Å². The Kier molecular flexibility index (Phi) is 2.79. The second-order valence-corrected chi connectivity index (χ2v) is 4.98.